The third kappa shape index (κ3) is 3.57. The molecule has 26 heavy (non-hydrogen) atoms. The van der Waals surface area contributed by atoms with Crippen LogP contribution in [0.3, 0.4) is 0 Å². The monoisotopic (exact) mass is 400 g/mol. The Morgan fingerprint density at radius 2 is 1.96 bits per heavy atom. The van der Waals surface area contributed by atoms with Gasteiger partial charge in [-0.05, 0) is 24.3 Å². The second-order valence-electron chi connectivity index (χ2n) is 5.36. The first-order valence-corrected chi connectivity index (χ1v) is 9.89. The first-order valence-electron chi connectivity index (χ1n) is 7.65. The molecule has 4 rings (SSSR count). The highest BCUT2D eigenvalue weighted by Gasteiger charge is 2.13. The number of hydrogen-bond donors (Lipinski definition) is 1. The number of pyridine rings is 1. The number of aromatic nitrogens is 5. The Hall–Kier alpha value is -2.42. The minimum absolute atomic E-state index is 0.584. The Morgan fingerprint density at radius 3 is 2.73 bits per heavy atom. The van der Waals surface area contributed by atoms with Gasteiger partial charge in [0.05, 0.1) is 5.69 Å². The van der Waals surface area contributed by atoms with Crippen molar-refractivity contribution in [3.05, 3.63) is 64.9 Å². The first kappa shape index (κ1) is 17.0. The lowest BCUT2D eigenvalue weighted by molar-refractivity contribution is 0.849. The summed E-state index contributed by atoms with van der Waals surface area (Å²) in [7, 11) is 0. The number of nitrogens with two attached hydrogens (primary N) is 1. The molecule has 0 saturated carbocycles. The maximum atomic E-state index is 6.12. The van der Waals surface area contributed by atoms with Gasteiger partial charge in [-0.15, -0.1) is 21.5 Å². The van der Waals surface area contributed by atoms with Crippen LogP contribution in [0.15, 0.2) is 59.3 Å². The standard InChI is InChI=1S/C17H13ClN6S2/c18-13-5-3-11(4-6-13)16-21-14(9-25-16)10-26-17-23-22-15(24(17)19)12-2-1-7-20-8-12/h1-9H,10,19H2. The van der Waals surface area contributed by atoms with E-state index in [-0.39, 0.29) is 0 Å². The highest BCUT2D eigenvalue weighted by Crippen LogP contribution is 2.28. The van der Waals surface area contributed by atoms with Gasteiger partial charge in [-0.2, -0.15) is 0 Å². The van der Waals surface area contributed by atoms with Crippen molar-refractivity contribution in [2.45, 2.75) is 10.9 Å². The molecule has 0 aliphatic carbocycles. The Kier molecular flexibility index (Phi) is 4.87. The molecule has 1 aromatic carbocycles. The number of halogens is 1. The third-order valence-electron chi connectivity index (χ3n) is 3.58. The van der Waals surface area contributed by atoms with Crippen LogP contribution in [0.5, 0.6) is 0 Å². The van der Waals surface area contributed by atoms with Gasteiger partial charge in [-0.3, -0.25) is 4.98 Å². The molecule has 0 aliphatic rings. The number of nitrogen functional groups attached to an aromatic ring is 1. The number of hydrogen-bond acceptors (Lipinski definition) is 7. The van der Waals surface area contributed by atoms with Crippen LogP contribution < -0.4 is 5.84 Å². The minimum Gasteiger partial charge on any atom is -0.335 e. The number of thioether (sulfide) groups is 1. The van der Waals surface area contributed by atoms with Gasteiger partial charge < -0.3 is 5.84 Å². The van der Waals surface area contributed by atoms with Crippen molar-refractivity contribution in [2.24, 2.45) is 0 Å². The SMILES string of the molecule is Nn1c(SCc2csc(-c3ccc(Cl)cc3)n2)nnc1-c1cccnc1. The van der Waals surface area contributed by atoms with Crippen LogP contribution in [-0.4, -0.2) is 24.8 Å². The molecule has 9 heteroatoms. The summed E-state index contributed by atoms with van der Waals surface area (Å²) in [6.45, 7) is 0. The molecule has 0 unspecified atom stereocenters. The Morgan fingerprint density at radius 1 is 1.12 bits per heavy atom. The number of benzene rings is 1. The molecule has 0 atom stereocenters. The van der Waals surface area contributed by atoms with E-state index in [0.29, 0.717) is 21.8 Å². The molecule has 0 fully saturated rings. The lowest BCUT2D eigenvalue weighted by atomic mass is 10.2. The summed E-state index contributed by atoms with van der Waals surface area (Å²) >= 11 is 9.03. The van der Waals surface area contributed by atoms with E-state index in [1.807, 2.05) is 41.8 Å². The van der Waals surface area contributed by atoms with Gasteiger partial charge in [0.15, 0.2) is 5.82 Å². The molecular weight excluding hydrogens is 388 g/mol. The fraction of sp³-hybridized carbons (Fsp3) is 0.0588. The molecule has 3 aromatic heterocycles. The summed E-state index contributed by atoms with van der Waals surface area (Å²) in [5.41, 5.74) is 2.85. The van der Waals surface area contributed by atoms with E-state index in [4.69, 9.17) is 17.4 Å². The third-order valence-corrected chi connectivity index (χ3v) is 5.75. The van der Waals surface area contributed by atoms with Crippen LogP contribution in [0.4, 0.5) is 0 Å². The van der Waals surface area contributed by atoms with Crippen molar-refractivity contribution < 1.29 is 0 Å². The summed E-state index contributed by atoms with van der Waals surface area (Å²) in [5, 5.41) is 12.7. The van der Waals surface area contributed by atoms with E-state index in [1.165, 1.54) is 16.4 Å². The van der Waals surface area contributed by atoms with Gasteiger partial charge >= 0.3 is 0 Å². The molecule has 0 bridgehead atoms. The zero-order valence-corrected chi connectivity index (χ0v) is 15.8. The Bertz CT molecular complexity index is 1010. The lowest BCUT2D eigenvalue weighted by Crippen LogP contribution is -2.11. The predicted molar refractivity (Wildman–Crippen MR) is 106 cm³/mol. The van der Waals surface area contributed by atoms with Crippen molar-refractivity contribution in [3.63, 3.8) is 0 Å². The Labute approximate surface area is 163 Å². The molecule has 0 spiro atoms. The predicted octanol–water partition coefficient (Wildman–Crippen LogP) is 4.12. The fourth-order valence-corrected chi connectivity index (χ4v) is 4.11. The van der Waals surface area contributed by atoms with Gasteiger partial charge in [0, 0.05) is 39.7 Å². The first-order chi connectivity index (χ1) is 12.7. The zero-order valence-electron chi connectivity index (χ0n) is 13.4. The van der Waals surface area contributed by atoms with E-state index in [1.54, 1.807) is 23.7 Å². The molecule has 0 radical (unpaired) electrons. The number of thiazole rings is 1. The van der Waals surface area contributed by atoms with Crippen LogP contribution in [0, 0.1) is 0 Å². The van der Waals surface area contributed by atoms with Gasteiger partial charge in [0.2, 0.25) is 5.16 Å². The second kappa shape index (κ2) is 7.45. The average molecular weight is 401 g/mol. The van der Waals surface area contributed by atoms with Crippen molar-refractivity contribution in [2.75, 3.05) is 5.84 Å². The second-order valence-corrected chi connectivity index (χ2v) is 7.59. The summed E-state index contributed by atoms with van der Waals surface area (Å²) in [5.74, 6) is 7.37. The molecule has 4 aromatic rings. The van der Waals surface area contributed by atoms with Crippen molar-refractivity contribution in [1.82, 2.24) is 24.8 Å². The summed E-state index contributed by atoms with van der Waals surface area (Å²) < 4.78 is 1.48. The van der Waals surface area contributed by atoms with Gasteiger partial charge in [0.1, 0.15) is 5.01 Å². The highest BCUT2D eigenvalue weighted by atomic mass is 35.5. The van der Waals surface area contributed by atoms with Crippen LogP contribution in [0.2, 0.25) is 5.02 Å². The molecule has 2 N–H and O–H groups in total. The maximum absolute atomic E-state index is 6.12. The number of rotatable bonds is 5. The van der Waals surface area contributed by atoms with E-state index in [2.05, 4.69) is 20.2 Å². The summed E-state index contributed by atoms with van der Waals surface area (Å²) in [6, 6.07) is 11.4. The molecule has 6 nitrogen and oxygen atoms in total. The largest absolute Gasteiger partial charge is 0.335 e. The number of nitrogens with zero attached hydrogens (tertiary/aromatic N) is 5. The molecular formula is C17H13ClN6S2. The highest BCUT2D eigenvalue weighted by molar-refractivity contribution is 7.98. The van der Waals surface area contributed by atoms with Crippen LogP contribution >= 0.6 is 34.7 Å². The van der Waals surface area contributed by atoms with Gasteiger partial charge in [0.25, 0.3) is 0 Å². The van der Waals surface area contributed by atoms with Crippen molar-refractivity contribution in [3.8, 4) is 22.0 Å². The van der Waals surface area contributed by atoms with Crippen LogP contribution in [0.25, 0.3) is 22.0 Å². The van der Waals surface area contributed by atoms with Crippen molar-refractivity contribution >= 4 is 34.7 Å². The van der Waals surface area contributed by atoms with Crippen LogP contribution in [0.1, 0.15) is 5.69 Å². The zero-order chi connectivity index (χ0) is 17.9. The van der Waals surface area contributed by atoms with Gasteiger partial charge in [-0.25, -0.2) is 9.66 Å². The van der Waals surface area contributed by atoms with E-state index in [9.17, 15) is 0 Å². The lowest BCUT2D eigenvalue weighted by Gasteiger charge is -2.02. The topological polar surface area (TPSA) is 82.5 Å². The smallest absolute Gasteiger partial charge is 0.210 e. The average Bonchev–Trinajstić information content (AvgIpc) is 3.28. The Balaban J connectivity index is 1.47. The summed E-state index contributed by atoms with van der Waals surface area (Å²) in [6.07, 6.45) is 3.41. The molecule has 3 heterocycles. The van der Waals surface area contributed by atoms with Crippen molar-refractivity contribution in [1.29, 1.82) is 0 Å². The van der Waals surface area contributed by atoms with E-state index >= 15 is 0 Å². The summed E-state index contributed by atoms with van der Waals surface area (Å²) in [4.78, 5) is 8.75. The molecule has 130 valence electrons. The molecule has 0 amide bonds. The molecule has 0 aliphatic heterocycles. The van der Waals surface area contributed by atoms with E-state index in [0.717, 1.165) is 21.8 Å². The molecule has 0 saturated heterocycles. The maximum Gasteiger partial charge on any atom is 0.210 e. The normalized spacial score (nSPS) is 11.0. The van der Waals surface area contributed by atoms with Crippen LogP contribution in [-0.2, 0) is 5.75 Å². The van der Waals surface area contributed by atoms with E-state index < -0.39 is 0 Å². The minimum atomic E-state index is 0.584. The van der Waals surface area contributed by atoms with Gasteiger partial charge in [-0.1, -0.05) is 35.5 Å². The quantitative estimate of drug-likeness (QED) is 0.400. The fourth-order valence-electron chi connectivity index (χ4n) is 2.30.